The molecular weight excluding hydrogens is 297 g/mol. The lowest BCUT2D eigenvalue weighted by Gasteiger charge is -2.25. The molecule has 0 spiro atoms. The highest BCUT2D eigenvalue weighted by molar-refractivity contribution is 5.79. The number of nitrogens with zero attached hydrogens (tertiary/aromatic N) is 1. The van der Waals surface area contributed by atoms with Crippen molar-refractivity contribution in [2.75, 3.05) is 26.7 Å². The first-order chi connectivity index (χ1) is 11.0. The average molecular weight is 323 g/mol. The molecule has 128 valence electrons. The molecule has 5 nitrogen and oxygen atoms in total. The van der Waals surface area contributed by atoms with Crippen molar-refractivity contribution < 1.29 is 13.9 Å². The van der Waals surface area contributed by atoms with E-state index >= 15 is 0 Å². The van der Waals surface area contributed by atoms with E-state index in [4.69, 9.17) is 9.47 Å². The maximum Gasteiger partial charge on any atom is 0.191 e. The largest absolute Gasteiger partial charge is 0.489 e. The highest BCUT2D eigenvalue weighted by atomic mass is 19.1. The Labute approximate surface area is 137 Å². The highest BCUT2D eigenvalue weighted by Gasteiger charge is 2.29. The van der Waals surface area contributed by atoms with Crippen LogP contribution < -0.4 is 15.4 Å². The van der Waals surface area contributed by atoms with Crippen LogP contribution in [-0.4, -0.2) is 44.4 Å². The summed E-state index contributed by atoms with van der Waals surface area (Å²) in [5.74, 6) is 0.926. The fraction of sp³-hybridized carbons (Fsp3) is 0.588. The third kappa shape index (κ3) is 5.71. The van der Waals surface area contributed by atoms with Crippen LogP contribution in [0.15, 0.2) is 29.3 Å². The average Bonchev–Trinajstić information content (AvgIpc) is 2.94. The standard InChI is InChI=1S/C17H26FN3O2/c1-13(23-15-7-4-6-14(18)10-15)11-20-16(19-3)21-12-17(2)8-5-9-22-17/h4,6-7,10,13H,5,8-9,11-12H2,1-3H3,(H2,19,20,21). The first-order valence-electron chi connectivity index (χ1n) is 8.01. The van der Waals surface area contributed by atoms with E-state index in [1.807, 2.05) is 6.92 Å². The lowest BCUT2D eigenvalue weighted by molar-refractivity contribution is 0.0242. The van der Waals surface area contributed by atoms with Gasteiger partial charge in [0.15, 0.2) is 5.96 Å². The predicted molar refractivity (Wildman–Crippen MR) is 89.4 cm³/mol. The molecule has 2 unspecified atom stereocenters. The zero-order chi connectivity index (χ0) is 16.7. The van der Waals surface area contributed by atoms with Crippen LogP contribution in [0.1, 0.15) is 26.7 Å². The van der Waals surface area contributed by atoms with Crippen molar-refractivity contribution in [1.29, 1.82) is 0 Å². The van der Waals surface area contributed by atoms with Gasteiger partial charge in [0.2, 0.25) is 0 Å². The summed E-state index contributed by atoms with van der Waals surface area (Å²) in [6.07, 6.45) is 2.03. The molecule has 0 aliphatic carbocycles. The molecule has 1 heterocycles. The van der Waals surface area contributed by atoms with Gasteiger partial charge in [0.05, 0.1) is 12.1 Å². The summed E-state index contributed by atoms with van der Waals surface area (Å²) in [6.45, 7) is 6.13. The summed E-state index contributed by atoms with van der Waals surface area (Å²) in [6, 6.07) is 6.15. The predicted octanol–water partition coefficient (Wildman–Crippen LogP) is 2.33. The summed E-state index contributed by atoms with van der Waals surface area (Å²) in [7, 11) is 1.73. The van der Waals surface area contributed by atoms with Gasteiger partial charge >= 0.3 is 0 Å². The van der Waals surface area contributed by atoms with Crippen molar-refractivity contribution in [1.82, 2.24) is 10.6 Å². The number of hydrogen-bond acceptors (Lipinski definition) is 3. The number of nitrogens with one attached hydrogen (secondary N) is 2. The highest BCUT2D eigenvalue weighted by Crippen LogP contribution is 2.23. The zero-order valence-electron chi connectivity index (χ0n) is 14.1. The Morgan fingerprint density at radius 2 is 2.30 bits per heavy atom. The van der Waals surface area contributed by atoms with Crippen molar-refractivity contribution in [3.63, 3.8) is 0 Å². The lowest BCUT2D eigenvalue weighted by Crippen LogP contribution is -2.47. The molecule has 1 aromatic rings. The van der Waals surface area contributed by atoms with Gasteiger partial charge in [-0.05, 0) is 38.8 Å². The minimum atomic E-state index is -0.301. The Morgan fingerprint density at radius 1 is 1.48 bits per heavy atom. The van der Waals surface area contributed by atoms with Crippen molar-refractivity contribution in [3.05, 3.63) is 30.1 Å². The van der Waals surface area contributed by atoms with Gasteiger partial charge in [0.1, 0.15) is 17.7 Å². The first-order valence-corrected chi connectivity index (χ1v) is 8.01. The molecule has 1 aromatic carbocycles. The Bertz CT molecular complexity index is 530. The van der Waals surface area contributed by atoms with E-state index < -0.39 is 0 Å². The van der Waals surface area contributed by atoms with Crippen LogP contribution in [0.4, 0.5) is 4.39 Å². The van der Waals surface area contributed by atoms with Crippen molar-refractivity contribution >= 4 is 5.96 Å². The number of aliphatic imine (C=N–C) groups is 1. The van der Waals surface area contributed by atoms with E-state index in [9.17, 15) is 4.39 Å². The molecule has 0 aromatic heterocycles. The minimum absolute atomic E-state index is 0.117. The van der Waals surface area contributed by atoms with Crippen molar-refractivity contribution in [2.45, 2.75) is 38.4 Å². The van der Waals surface area contributed by atoms with Crippen LogP contribution in [0, 0.1) is 5.82 Å². The van der Waals surface area contributed by atoms with Gasteiger partial charge in [-0.3, -0.25) is 4.99 Å². The third-order valence-electron chi connectivity index (χ3n) is 3.84. The van der Waals surface area contributed by atoms with Gasteiger partial charge in [-0.25, -0.2) is 4.39 Å². The molecule has 1 aliphatic rings. The number of ether oxygens (including phenoxy) is 2. The first kappa shape index (κ1) is 17.5. The van der Waals surface area contributed by atoms with E-state index in [0.717, 1.165) is 19.4 Å². The number of guanidine groups is 1. The van der Waals surface area contributed by atoms with E-state index in [0.29, 0.717) is 24.8 Å². The SMILES string of the molecule is CN=C(NCC(C)Oc1cccc(F)c1)NCC1(C)CCCO1. The Morgan fingerprint density at radius 3 is 2.96 bits per heavy atom. The molecule has 0 bridgehead atoms. The second-order valence-electron chi connectivity index (χ2n) is 6.09. The second kappa shape index (κ2) is 8.15. The molecule has 1 saturated heterocycles. The Hall–Kier alpha value is -1.82. The van der Waals surface area contributed by atoms with E-state index in [-0.39, 0.29) is 17.5 Å². The van der Waals surface area contributed by atoms with Gasteiger partial charge in [0.25, 0.3) is 0 Å². The Kier molecular flexibility index (Phi) is 6.21. The van der Waals surface area contributed by atoms with E-state index in [2.05, 4.69) is 22.5 Å². The van der Waals surface area contributed by atoms with Crippen LogP contribution >= 0.6 is 0 Å². The molecule has 23 heavy (non-hydrogen) atoms. The van der Waals surface area contributed by atoms with Crippen molar-refractivity contribution in [3.8, 4) is 5.75 Å². The Balaban J connectivity index is 1.74. The topological polar surface area (TPSA) is 54.9 Å². The van der Waals surface area contributed by atoms with Crippen LogP contribution in [0.5, 0.6) is 5.75 Å². The molecule has 0 saturated carbocycles. The molecular formula is C17H26FN3O2. The van der Waals surface area contributed by atoms with Crippen LogP contribution in [-0.2, 0) is 4.74 Å². The van der Waals surface area contributed by atoms with Gasteiger partial charge in [-0.15, -0.1) is 0 Å². The molecule has 1 aliphatic heterocycles. The van der Waals surface area contributed by atoms with Gasteiger partial charge in [-0.2, -0.15) is 0 Å². The fourth-order valence-corrected chi connectivity index (χ4v) is 2.52. The number of hydrogen-bond donors (Lipinski definition) is 2. The molecule has 1 fully saturated rings. The summed E-state index contributed by atoms with van der Waals surface area (Å²) in [4.78, 5) is 4.20. The number of halogens is 1. The maximum absolute atomic E-state index is 13.1. The summed E-state index contributed by atoms with van der Waals surface area (Å²) in [5.41, 5.74) is -0.124. The molecule has 0 amide bonds. The lowest BCUT2D eigenvalue weighted by atomic mass is 10.0. The monoisotopic (exact) mass is 323 g/mol. The molecule has 2 rings (SSSR count). The normalized spacial score (nSPS) is 22.7. The molecule has 2 N–H and O–H groups in total. The fourth-order valence-electron chi connectivity index (χ4n) is 2.52. The van der Waals surface area contributed by atoms with Crippen molar-refractivity contribution in [2.24, 2.45) is 4.99 Å². The third-order valence-corrected chi connectivity index (χ3v) is 3.84. The van der Waals surface area contributed by atoms with E-state index in [1.54, 1.807) is 19.2 Å². The maximum atomic E-state index is 13.1. The van der Waals surface area contributed by atoms with Crippen LogP contribution in [0.2, 0.25) is 0 Å². The van der Waals surface area contributed by atoms with Gasteiger partial charge in [-0.1, -0.05) is 6.07 Å². The summed E-state index contributed by atoms with van der Waals surface area (Å²) >= 11 is 0. The minimum Gasteiger partial charge on any atom is -0.489 e. The van der Waals surface area contributed by atoms with E-state index in [1.165, 1.54) is 12.1 Å². The van der Waals surface area contributed by atoms with Crippen LogP contribution in [0.3, 0.4) is 0 Å². The zero-order valence-corrected chi connectivity index (χ0v) is 14.1. The smallest absolute Gasteiger partial charge is 0.191 e. The van der Waals surface area contributed by atoms with Gasteiger partial charge in [0, 0.05) is 26.3 Å². The molecule has 6 heteroatoms. The van der Waals surface area contributed by atoms with Crippen LogP contribution in [0.25, 0.3) is 0 Å². The van der Waals surface area contributed by atoms with Gasteiger partial charge < -0.3 is 20.1 Å². The molecule has 0 radical (unpaired) electrons. The quantitative estimate of drug-likeness (QED) is 0.623. The molecule has 2 atom stereocenters. The number of rotatable bonds is 6. The second-order valence-corrected chi connectivity index (χ2v) is 6.09. The summed E-state index contributed by atoms with van der Waals surface area (Å²) in [5, 5.41) is 6.49. The number of benzene rings is 1. The summed E-state index contributed by atoms with van der Waals surface area (Å²) < 4.78 is 24.6.